The molecule has 0 saturated carbocycles. The molecule has 0 radical (unpaired) electrons. The number of carbonyl (C=O) groups is 1. The van der Waals surface area contributed by atoms with E-state index in [0.29, 0.717) is 11.1 Å². The average Bonchev–Trinajstić information content (AvgIpc) is 2.37. The number of benzene rings is 1. The lowest BCUT2D eigenvalue weighted by Crippen LogP contribution is -2.36. The number of likely N-dealkylation sites (N-methyl/N-ethyl adjacent to an activating group) is 1. The van der Waals surface area contributed by atoms with E-state index in [-0.39, 0.29) is 19.1 Å². The molecule has 19 heavy (non-hydrogen) atoms. The van der Waals surface area contributed by atoms with Gasteiger partial charge in [0.2, 0.25) is 0 Å². The lowest BCUT2D eigenvalue weighted by atomic mass is 10.0. The number of carbonyl (C=O) groups excluding carboxylic acids is 1. The minimum atomic E-state index is -0.711. The number of aliphatic hydroxyl groups is 1. The molecule has 5 nitrogen and oxygen atoms in total. The maximum atomic E-state index is 12.2. The zero-order chi connectivity index (χ0) is 14.4. The monoisotopic (exact) mass is 262 g/mol. The van der Waals surface area contributed by atoms with Crippen molar-refractivity contribution in [3.8, 4) is 6.07 Å². The van der Waals surface area contributed by atoms with E-state index in [1.165, 1.54) is 12.0 Å². The van der Waals surface area contributed by atoms with Gasteiger partial charge in [0.1, 0.15) is 0 Å². The minimum Gasteiger partial charge on any atom is -0.389 e. The molecule has 1 aromatic carbocycles. The Hall–Kier alpha value is -1.90. The Bertz CT molecular complexity index is 494. The fraction of sp³-hybridized carbons (Fsp3) is 0.429. The van der Waals surface area contributed by atoms with E-state index < -0.39 is 6.10 Å². The van der Waals surface area contributed by atoms with E-state index >= 15 is 0 Å². The van der Waals surface area contributed by atoms with Gasteiger partial charge in [-0.15, -0.1) is 0 Å². The van der Waals surface area contributed by atoms with Crippen LogP contribution in [-0.4, -0.2) is 49.3 Å². The molecular weight excluding hydrogens is 244 g/mol. The Kier molecular flexibility index (Phi) is 5.49. The van der Waals surface area contributed by atoms with E-state index in [0.717, 1.165) is 5.56 Å². The highest BCUT2D eigenvalue weighted by Gasteiger charge is 2.17. The summed E-state index contributed by atoms with van der Waals surface area (Å²) in [7, 11) is 3.12. The number of hydrogen-bond donors (Lipinski definition) is 1. The summed E-state index contributed by atoms with van der Waals surface area (Å²) in [5, 5.41) is 18.4. The summed E-state index contributed by atoms with van der Waals surface area (Å²) in [4.78, 5) is 13.6. The first-order chi connectivity index (χ1) is 8.99. The number of aryl methyl sites for hydroxylation is 1. The van der Waals surface area contributed by atoms with Crippen LogP contribution in [0.15, 0.2) is 18.2 Å². The first kappa shape index (κ1) is 15.2. The van der Waals surface area contributed by atoms with Gasteiger partial charge in [-0.05, 0) is 30.7 Å². The van der Waals surface area contributed by atoms with Crippen LogP contribution in [0.3, 0.4) is 0 Å². The Morgan fingerprint density at radius 2 is 2.26 bits per heavy atom. The third-order valence-electron chi connectivity index (χ3n) is 2.78. The highest BCUT2D eigenvalue weighted by atomic mass is 16.5. The van der Waals surface area contributed by atoms with Crippen molar-refractivity contribution in [1.29, 1.82) is 5.26 Å². The van der Waals surface area contributed by atoms with Crippen molar-refractivity contribution in [3.05, 3.63) is 34.9 Å². The molecule has 1 N–H and O–H groups in total. The molecular formula is C14H18N2O3. The van der Waals surface area contributed by atoms with Crippen molar-refractivity contribution >= 4 is 5.91 Å². The third-order valence-corrected chi connectivity index (χ3v) is 2.78. The van der Waals surface area contributed by atoms with Crippen LogP contribution in [0.2, 0.25) is 0 Å². The predicted octanol–water partition coefficient (Wildman–Crippen LogP) is 0.946. The van der Waals surface area contributed by atoms with E-state index in [1.54, 1.807) is 32.2 Å². The molecule has 0 aliphatic rings. The SMILES string of the molecule is COCC(O)CN(C)C(=O)c1ccc(C#N)cc1C. The summed E-state index contributed by atoms with van der Waals surface area (Å²) in [6.07, 6.45) is -0.711. The molecule has 1 atom stereocenters. The predicted molar refractivity (Wildman–Crippen MR) is 70.7 cm³/mol. The number of rotatable bonds is 5. The van der Waals surface area contributed by atoms with Gasteiger partial charge in [0.25, 0.3) is 5.91 Å². The number of ether oxygens (including phenoxy) is 1. The number of nitrogens with zero attached hydrogens (tertiary/aromatic N) is 2. The fourth-order valence-electron chi connectivity index (χ4n) is 1.82. The summed E-state index contributed by atoms with van der Waals surface area (Å²) in [6.45, 7) is 2.17. The summed E-state index contributed by atoms with van der Waals surface area (Å²) in [5.74, 6) is -0.183. The number of methoxy groups -OCH3 is 1. The second-order valence-corrected chi connectivity index (χ2v) is 4.44. The van der Waals surface area contributed by atoms with Gasteiger partial charge < -0.3 is 14.7 Å². The molecule has 0 aliphatic carbocycles. The Labute approximate surface area is 113 Å². The first-order valence-corrected chi connectivity index (χ1v) is 5.92. The number of nitriles is 1. The zero-order valence-corrected chi connectivity index (χ0v) is 11.4. The van der Waals surface area contributed by atoms with Gasteiger partial charge in [-0.1, -0.05) is 0 Å². The molecule has 0 aliphatic heterocycles. The van der Waals surface area contributed by atoms with Gasteiger partial charge in [-0.25, -0.2) is 0 Å². The van der Waals surface area contributed by atoms with E-state index in [9.17, 15) is 9.90 Å². The van der Waals surface area contributed by atoms with Crippen LogP contribution in [0.1, 0.15) is 21.5 Å². The van der Waals surface area contributed by atoms with Gasteiger partial charge in [0.05, 0.1) is 24.3 Å². The molecule has 0 heterocycles. The van der Waals surface area contributed by atoms with Crippen LogP contribution in [0.5, 0.6) is 0 Å². The van der Waals surface area contributed by atoms with Crippen molar-refractivity contribution in [2.24, 2.45) is 0 Å². The van der Waals surface area contributed by atoms with Gasteiger partial charge in [0, 0.05) is 26.3 Å². The maximum Gasteiger partial charge on any atom is 0.253 e. The van der Waals surface area contributed by atoms with Gasteiger partial charge in [-0.3, -0.25) is 4.79 Å². The molecule has 0 spiro atoms. The highest BCUT2D eigenvalue weighted by Crippen LogP contribution is 2.13. The summed E-state index contributed by atoms with van der Waals surface area (Å²) in [6, 6.07) is 6.95. The van der Waals surface area contributed by atoms with Crippen molar-refractivity contribution in [2.45, 2.75) is 13.0 Å². The molecule has 1 unspecified atom stereocenters. The second kappa shape index (κ2) is 6.88. The Balaban J connectivity index is 2.80. The van der Waals surface area contributed by atoms with Crippen LogP contribution in [0.25, 0.3) is 0 Å². The maximum absolute atomic E-state index is 12.2. The van der Waals surface area contributed by atoms with Crippen molar-refractivity contribution in [2.75, 3.05) is 27.3 Å². The standard InChI is InChI=1S/C14H18N2O3/c1-10-6-11(7-15)4-5-13(10)14(18)16(2)8-12(17)9-19-3/h4-6,12,17H,8-9H2,1-3H3. The second-order valence-electron chi connectivity index (χ2n) is 4.44. The molecule has 5 heteroatoms. The fourth-order valence-corrected chi connectivity index (χ4v) is 1.82. The summed E-state index contributed by atoms with van der Waals surface area (Å²) < 4.78 is 4.82. The van der Waals surface area contributed by atoms with Crippen LogP contribution in [0.4, 0.5) is 0 Å². The first-order valence-electron chi connectivity index (χ1n) is 5.92. The van der Waals surface area contributed by atoms with Gasteiger partial charge >= 0.3 is 0 Å². The topological polar surface area (TPSA) is 73.6 Å². The van der Waals surface area contributed by atoms with Crippen LogP contribution in [0, 0.1) is 18.3 Å². The Morgan fingerprint density at radius 3 is 2.79 bits per heavy atom. The minimum absolute atomic E-state index is 0.183. The van der Waals surface area contributed by atoms with E-state index in [2.05, 4.69) is 0 Å². The van der Waals surface area contributed by atoms with Crippen LogP contribution in [-0.2, 0) is 4.74 Å². The molecule has 102 valence electrons. The van der Waals surface area contributed by atoms with Gasteiger partial charge in [0.15, 0.2) is 0 Å². The van der Waals surface area contributed by atoms with Crippen molar-refractivity contribution < 1.29 is 14.6 Å². The number of amides is 1. The van der Waals surface area contributed by atoms with Crippen LogP contribution >= 0.6 is 0 Å². The van der Waals surface area contributed by atoms with E-state index in [4.69, 9.17) is 10.00 Å². The average molecular weight is 262 g/mol. The van der Waals surface area contributed by atoms with Crippen molar-refractivity contribution in [3.63, 3.8) is 0 Å². The summed E-state index contributed by atoms with van der Waals surface area (Å²) >= 11 is 0. The molecule has 0 saturated heterocycles. The molecule has 1 aromatic rings. The lowest BCUT2D eigenvalue weighted by molar-refractivity contribution is 0.0380. The normalized spacial score (nSPS) is 11.7. The largest absolute Gasteiger partial charge is 0.389 e. The van der Waals surface area contributed by atoms with Gasteiger partial charge in [-0.2, -0.15) is 5.26 Å². The van der Waals surface area contributed by atoms with E-state index in [1.807, 2.05) is 6.07 Å². The smallest absolute Gasteiger partial charge is 0.253 e. The molecule has 1 rings (SSSR count). The quantitative estimate of drug-likeness (QED) is 0.857. The lowest BCUT2D eigenvalue weighted by Gasteiger charge is -2.21. The molecule has 0 aromatic heterocycles. The molecule has 0 fully saturated rings. The van der Waals surface area contributed by atoms with Crippen molar-refractivity contribution in [1.82, 2.24) is 4.90 Å². The summed E-state index contributed by atoms with van der Waals surface area (Å²) in [5.41, 5.74) is 1.80. The zero-order valence-electron chi connectivity index (χ0n) is 11.4. The molecule has 1 amide bonds. The molecule has 0 bridgehead atoms. The number of hydrogen-bond acceptors (Lipinski definition) is 4. The van der Waals surface area contributed by atoms with Crippen LogP contribution < -0.4 is 0 Å². The Morgan fingerprint density at radius 1 is 1.58 bits per heavy atom. The highest BCUT2D eigenvalue weighted by molar-refractivity contribution is 5.95. The third kappa shape index (κ3) is 4.05. The number of aliphatic hydroxyl groups excluding tert-OH is 1.